The lowest BCUT2D eigenvalue weighted by molar-refractivity contribution is -0.00996. The van der Waals surface area contributed by atoms with E-state index < -0.39 is 5.60 Å². The van der Waals surface area contributed by atoms with E-state index in [0.717, 1.165) is 11.3 Å². The number of hydrogen-bond donors (Lipinski definition) is 2. The summed E-state index contributed by atoms with van der Waals surface area (Å²) in [6.07, 6.45) is 4.48. The summed E-state index contributed by atoms with van der Waals surface area (Å²) >= 11 is 0. The summed E-state index contributed by atoms with van der Waals surface area (Å²) in [5.74, 6) is 0. The van der Waals surface area contributed by atoms with Gasteiger partial charge in [0.1, 0.15) is 5.65 Å². The second-order valence-corrected chi connectivity index (χ2v) is 4.18. The van der Waals surface area contributed by atoms with Crippen LogP contribution in [-0.4, -0.2) is 33.2 Å². The van der Waals surface area contributed by atoms with Gasteiger partial charge < -0.3 is 14.8 Å². The van der Waals surface area contributed by atoms with E-state index in [9.17, 15) is 5.11 Å². The van der Waals surface area contributed by atoms with Gasteiger partial charge >= 0.3 is 0 Å². The van der Waals surface area contributed by atoms with Crippen molar-refractivity contribution < 1.29 is 5.11 Å². The standard InChI is InChI=1S/C11H13N3O/c15-11(7-12-8-11)5-9-6-13-10-3-1-2-4-14(9)10/h1-4,6,12,15H,5,7-8H2. The maximum absolute atomic E-state index is 10.0. The molecule has 15 heavy (non-hydrogen) atoms. The SMILES string of the molecule is OC1(Cc2cnc3ccccn23)CNC1. The molecular formula is C11H13N3O. The van der Waals surface area contributed by atoms with Gasteiger partial charge in [0.15, 0.2) is 0 Å². The average molecular weight is 203 g/mol. The molecule has 2 N–H and O–H groups in total. The van der Waals surface area contributed by atoms with E-state index in [2.05, 4.69) is 10.3 Å². The van der Waals surface area contributed by atoms with Crippen molar-refractivity contribution in [1.82, 2.24) is 14.7 Å². The van der Waals surface area contributed by atoms with Crippen molar-refractivity contribution in [3.8, 4) is 0 Å². The van der Waals surface area contributed by atoms with Crippen molar-refractivity contribution in [3.63, 3.8) is 0 Å². The number of nitrogens with zero attached hydrogens (tertiary/aromatic N) is 2. The monoisotopic (exact) mass is 203 g/mol. The highest BCUT2D eigenvalue weighted by Gasteiger charge is 2.35. The van der Waals surface area contributed by atoms with Gasteiger partial charge in [-0.05, 0) is 12.1 Å². The van der Waals surface area contributed by atoms with Crippen LogP contribution in [-0.2, 0) is 6.42 Å². The maximum Gasteiger partial charge on any atom is 0.136 e. The van der Waals surface area contributed by atoms with Crippen molar-refractivity contribution in [2.24, 2.45) is 0 Å². The Morgan fingerprint density at radius 3 is 3.07 bits per heavy atom. The van der Waals surface area contributed by atoms with Crippen LogP contribution in [0.2, 0.25) is 0 Å². The molecule has 3 rings (SSSR count). The number of fused-ring (bicyclic) bond motifs is 1. The van der Waals surface area contributed by atoms with E-state index in [0.29, 0.717) is 19.5 Å². The molecule has 2 aromatic heterocycles. The number of hydrogen-bond acceptors (Lipinski definition) is 3. The Morgan fingerprint density at radius 2 is 2.33 bits per heavy atom. The third kappa shape index (κ3) is 1.42. The van der Waals surface area contributed by atoms with Crippen LogP contribution in [0.15, 0.2) is 30.6 Å². The van der Waals surface area contributed by atoms with Crippen molar-refractivity contribution in [2.75, 3.05) is 13.1 Å². The molecule has 0 bridgehead atoms. The molecule has 0 aliphatic carbocycles. The highest BCUT2D eigenvalue weighted by molar-refractivity contribution is 5.40. The molecule has 4 heteroatoms. The molecule has 0 unspecified atom stereocenters. The Bertz CT molecular complexity index is 487. The first-order valence-corrected chi connectivity index (χ1v) is 5.11. The predicted molar refractivity (Wildman–Crippen MR) is 56.7 cm³/mol. The van der Waals surface area contributed by atoms with Gasteiger partial charge in [0.25, 0.3) is 0 Å². The van der Waals surface area contributed by atoms with E-state index in [1.54, 1.807) is 0 Å². The lowest BCUT2D eigenvalue weighted by Crippen LogP contribution is -2.60. The Morgan fingerprint density at radius 1 is 1.47 bits per heavy atom. The van der Waals surface area contributed by atoms with E-state index in [-0.39, 0.29) is 0 Å². The molecule has 78 valence electrons. The summed E-state index contributed by atoms with van der Waals surface area (Å²) in [5.41, 5.74) is 1.42. The Kier molecular flexibility index (Phi) is 1.81. The molecule has 1 aliphatic heterocycles. The Labute approximate surface area is 87.6 Å². The summed E-state index contributed by atoms with van der Waals surface area (Å²) in [4.78, 5) is 4.29. The molecule has 3 heterocycles. The number of nitrogens with one attached hydrogen (secondary N) is 1. The topological polar surface area (TPSA) is 49.6 Å². The lowest BCUT2D eigenvalue weighted by atomic mass is 9.92. The molecule has 0 amide bonds. The zero-order valence-corrected chi connectivity index (χ0v) is 8.35. The number of imidazole rings is 1. The van der Waals surface area contributed by atoms with Crippen molar-refractivity contribution in [3.05, 3.63) is 36.3 Å². The summed E-state index contributed by atoms with van der Waals surface area (Å²) in [7, 11) is 0. The highest BCUT2D eigenvalue weighted by atomic mass is 16.3. The second kappa shape index (κ2) is 3.05. The zero-order chi connectivity index (χ0) is 10.3. The van der Waals surface area contributed by atoms with Gasteiger partial charge in [-0.1, -0.05) is 6.07 Å². The Hall–Kier alpha value is -1.39. The molecule has 1 fully saturated rings. The fourth-order valence-corrected chi connectivity index (χ4v) is 1.99. The predicted octanol–water partition coefficient (Wildman–Crippen LogP) is 0.211. The number of β-amino-alcohol motifs (C(OH)–C–C–N with tert-alkyl or cyclic N) is 1. The normalized spacial score (nSPS) is 19.0. The van der Waals surface area contributed by atoms with Gasteiger partial charge in [0, 0.05) is 37.6 Å². The summed E-state index contributed by atoms with van der Waals surface area (Å²) < 4.78 is 2.02. The first-order valence-electron chi connectivity index (χ1n) is 5.11. The van der Waals surface area contributed by atoms with Crippen LogP contribution in [0.4, 0.5) is 0 Å². The molecule has 4 nitrogen and oxygen atoms in total. The van der Waals surface area contributed by atoms with Gasteiger partial charge in [-0.25, -0.2) is 4.98 Å². The smallest absolute Gasteiger partial charge is 0.136 e. The van der Waals surface area contributed by atoms with E-state index in [1.807, 2.05) is 35.0 Å². The fourth-order valence-electron chi connectivity index (χ4n) is 1.99. The minimum atomic E-state index is -0.578. The second-order valence-electron chi connectivity index (χ2n) is 4.18. The van der Waals surface area contributed by atoms with Crippen LogP contribution < -0.4 is 5.32 Å². The molecule has 1 saturated heterocycles. The van der Waals surface area contributed by atoms with E-state index in [4.69, 9.17) is 0 Å². The van der Waals surface area contributed by atoms with Gasteiger partial charge in [-0.2, -0.15) is 0 Å². The largest absolute Gasteiger partial charge is 0.387 e. The third-order valence-corrected chi connectivity index (χ3v) is 2.91. The van der Waals surface area contributed by atoms with Gasteiger partial charge in [0.05, 0.1) is 5.60 Å². The minimum absolute atomic E-state index is 0.578. The number of aromatic nitrogens is 2. The molecule has 0 aromatic carbocycles. The number of aliphatic hydroxyl groups is 1. The summed E-state index contributed by atoms with van der Waals surface area (Å²) in [6, 6.07) is 5.90. The van der Waals surface area contributed by atoms with Gasteiger partial charge in [-0.3, -0.25) is 0 Å². The first kappa shape index (κ1) is 8.88. The molecule has 0 saturated carbocycles. The van der Waals surface area contributed by atoms with Gasteiger partial charge in [0.2, 0.25) is 0 Å². The molecule has 0 radical (unpaired) electrons. The lowest BCUT2D eigenvalue weighted by Gasteiger charge is -2.37. The molecule has 2 aromatic rings. The van der Waals surface area contributed by atoms with E-state index >= 15 is 0 Å². The molecule has 1 aliphatic rings. The molecule has 0 spiro atoms. The fraction of sp³-hybridized carbons (Fsp3) is 0.364. The number of rotatable bonds is 2. The summed E-state index contributed by atoms with van der Waals surface area (Å²) in [5, 5.41) is 13.1. The highest BCUT2D eigenvalue weighted by Crippen LogP contribution is 2.18. The van der Waals surface area contributed by atoms with Crippen molar-refractivity contribution >= 4 is 5.65 Å². The van der Waals surface area contributed by atoms with Gasteiger partial charge in [-0.15, -0.1) is 0 Å². The van der Waals surface area contributed by atoms with E-state index in [1.165, 1.54) is 0 Å². The molecular weight excluding hydrogens is 190 g/mol. The van der Waals surface area contributed by atoms with Crippen LogP contribution >= 0.6 is 0 Å². The van der Waals surface area contributed by atoms with Crippen LogP contribution in [0, 0.1) is 0 Å². The number of pyridine rings is 1. The average Bonchev–Trinajstić information content (AvgIpc) is 2.60. The molecule has 0 atom stereocenters. The first-order chi connectivity index (χ1) is 7.27. The zero-order valence-electron chi connectivity index (χ0n) is 8.35. The summed E-state index contributed by atoms with van der Waals surface area (Å²) in [6.45, 7) is 1.35. The van der Waals surface area contributed by atoms with Crippen LogP contribution in [0.1, 0.15) is 5.69 Å². The quantitative estimate of drug-likeness (QED) is 0.733. The maximum atomic E-state index is 10.0. The van der Waals surface area contributed by atoms with Crippen LogP contribution in [0.3, 0.4) is 0 Å². The minimum Gasteiger partial charge on any atom is -0.387 e. The van der Waals surface area contributed by atoms with Crippen molar-refractivity contribution in [2.45, 2.75) is 12.0 Å². The van der Waals surface area contributed by atoms with Crippen molar-refractivity contribution in [1.29, 1.82) is 0 Å². The van der Waals surface area contributed by atoms with Crippen LogP contribution in [0.25, 0.3) is 5.65 Å². The third-order valence-electron chi connectivity index (χ3n) is 2.91. The Balaban J connectivity index is 1.97. The van der Waals surface area contributed by atoms with Crippen LogP contribution in [0.5, 0.6) is 0 Å².